The summed E-state index contributed by atoms with van der Waals surface area (Å²) >= 11 is 0. The molecule has 3 rings (SSSR count). The van der Waals surface area contributed by atoms with Crippen LogP contribution in [0.3, 0.4) is 0 Å². The summed E-state index contributed by atoms with van der Waals surface area (Å²) in [6.45, 7) is 4.16. The van der Waals surface area contributed by atoms with Crippen molar-refractivity contribution in [3.8, 4) is 0 Å². The van der Waals surface area contributed by atoms with E-state index in [9.17, 15) is 4.79 Å². The minimum atomic E-state index is -0.270. The van der Waals surface area contributed by atoms with Crippen molar-refractivity contribution in [3.63, 3.8) is 0 Å². The van der Waals surface area contributed by atoms with Gasteiger partial charge in [-0.25, -0.2) is 0 Å². The predicted molar refractivity (Wildman–Crippen MR) is 111 cm³/mol. The molecule has 0 N–H and O–H groups in total. The highest BCUT2D eigenvalue weighted by atomic mass is 16.1. The Morgan fingerprint density at radius 3 is 2.04 bits per heavy atom. The van der Waals surface area contributed by atoms with Gasteiger partial charge in [0.2, 0.25) is 0 Å². The summed E-state index contributed by atoms with van der Waals surface area (Å²) in [5.41, 5.74) is 6.57. The Morgan fingerprint density at radius 2 is 1.48 bits per heavy atom. The second-order valence-corrected chi connectivity index (χ2v) is 7.34. The molecule has 0 spiro atoms. The van der Waals surface area contributed by atoms with Crippen molar-refractivity contribution >= 4 is 11.5 Å². The molecule has 3 heteroatoms. The quantitative estimate of drug-likeness (QED) is 0.640. The van der Waals surface area contributed by atoms with E-state index in [2.05, 4.69) is 66.2 Å². The summed E-state index contributed by atoms with van der Waals surface area (Å²) in [6, 6.07) is 18.5. The molecule has 0 amide bonds. The first-order chi connectivity index (χ1) is 12.9. The van der Waals surface area contributed by atoms with Gasteiger partial charge in [0.15, 0.2) is 0 Å². The van der Waals surface area contributed by atoms with Crippen LogP contribution in [0.2, 0.25) is 0 Å². The zero-order valence-corrected chi connectivity index (χ0v) is 16.4. The van der Waals surface area contributed by atoms with Crippen LogP contribution in [-0.4, -0.2) is 24.9 Å². The number of carbonyl (C=O) groups is 1. The van der Waals surface area contributed by atoms with Crippen LogP contribution < -0.4 is 4.90 Å². The molecule has 0 saturated carbocycles. The van der Waals surface area contributed by atoms with Crippen molar-refractivity contribution in [1.29, 1.82) is 0 Å². The van der Waals surface area contributed by atoms with E-state index in [-0.39, 0.29) is 11.7 Å². The van der Waals surface area contributed by atoms with Crippen molar-refractivity contribution in [2.24, 2.45) is 0 Å². The minimum absolute atomic E-state index is 0.198. The van der Waals surface area contributed by atoms with Gasteiger partial charge in [-0.15, -0.1) is 0 Å². The number of hydrogen-bond acceptors (Lipinski definition) is 3. The van der Waals surface area contributed by atoms with Crippen LogP contribution in [-0.2, 0) is 11.2 Å². The summed E-state index contributed by atoms with van der Waals surface area (Å²) in [5, 5.41) is 0. The highest BCUT2D eigenvalue weighted by Crippen LogP contribution is 2.30. The molecule has 0 radical (unpaired) electrons. The summed E-state index contributed by atoms with van der Waals surface area (Å²) < 4.78 is 0. The number of aromatic nitrogens is 1. The average Bonchev–Trinajstić information content (AvgIpc) is 2.62. The largest absolute Gasteiger partial charge is 0.378 e. The molecular formula is C24H26N2O. The Bertz CT molecular complexity index is 895. The van der Waals surface area contributed by atoms with Gasteiger partial charge in [0.25, 0.3) is 0 Å². The fraction of sp³-hybridized carbons (Fsp3) is 0.250. The number of Topliss-reactive ketones (excluding diaryl/α,β-unsaturated/α-hetero) is 1. The Kier molecular flexibility index (Phi) is 5.70. The molecule has 1 aromatic heterocycles. The predicted octanol–water partition coefficient (Wildman–Crippen LogP) is 4.71. The lowest BCUT2D eigenvalue weighted by Crippen LogP contribution is -2.17. The first kappa shape index (κ1) is 18.8. The van der Waals surface area contributed by atoms with Crippen molar-refractivity contribution in [2.45, 2.75) is 26.2 Å². The summed E-state index contributed by atoms with van der Waals surface area (Å²) in [4.78, 5) is 19.4. The summed E-state index contributed by atoms with van der Waals surface area (Å²) in [7, 11) is 4.04. The third-order valence-electron chi connectivity index (χ3n) is 4.77. The first-order valence-electron chi connectivity index (χ1n) is 9.21. The van der Waals surface area contributed by atoms with Gasteiger partial charge in [0.1, 0.15) is 5.78 Å². The first-order valence-corrected chi connectivity index (χ1v) is 9.21. The third-order valence-corrected chi connectivity index (χ3v) is 4.77. The lowest BCUT2D eigenvalue weighted by molar-refractivity contribution is -0.119. The molecular weight excluding hydrogens is 332 g/mol. The van der Waals surface area contributed by atoms with Gasteiger partial charge < -0.3 is 4.90 Å². The number of carbonyl (C=O) groups excluding carboxylic acids is 1. The van der Waals surface area contributed by atoms with Crippen molar-refractivity contribution < 1.29 is 4.79 Å². The highest BCUT2D eigenvalue weighted by Gasteiger charge is 2.23. The highest BCUT2D eigenvalue weighted by molar-refractivity contribution is 5.91. The molecule has 2 aromatic carbocycles. The maximum atomic E-state index is 13.3. The molecule has 0 saturated heterocycles. The molecule has 1 unspecified atom stereocenters. The lowest BCUT2D eigenvalue weighted by atomic mass is 9.84. The zero-order valence-electron chi connectivity index (χ0n) is 16.4. The fourth-order valence-electron chi connectivity index (χ4n) is 3.51. The standard InChI is InChI=1S/C24H26N2O/c1-17-13-18(2)15-21(14-17)24(20-5-7-22(8-6-20)26(3)4)23(27)16-19-9-11-25-12-10-19/h5-15,24H,16H2,1-4H3. The van der Waals surface area contributed by atoms with Crippen LogP contribution in [0, 0.1) is 13.8 Å². The second kappa shape index (κ2) is 8.17. The molecule has 0 aliphatic rings. The van der Waals surface area contributed by atoms with Crippen LogP contribution in [0.15, 0.2) is 67.0 Å². The number of rotatable bonds is 6. The molecule has 138 valence electrons. The maximum absolute atomic E-state index is 13.3. The van der Waals surface area contributed by atoms with Crippen LogP contribution >= 0.6 is 0 Å². The number of anilines is 1. The molecule has 0 fully saturated rings. The average molecular weight is 358 g/mol. The van der Waals surface area contributed by atoms with Gasteiger partial charge in [0, 0.05) is 38.6 Å². The number of pyridine rings is 1. The number of nitrogens with zero attached hydrogens (tertiary/aromatic N) is 2. The minimum Gasteiger partial charge on any atom is -0.378 e. The van der Waals surface area contributed by atoms with E-state index < -0.39 is 0 Å². The normalized spacial score (nSPS) is 11.9. The second-order valence-electron chi connectivity index (χ2n) is 7.34. The van der Waals surface area contributed by atoms with Gasteiger partial charge in [-0.05, 0) is 54.8 Å². The van der Waals surface area contributed by atoms with Crippen molar-refractivity contribution in [1.82, 2.24) is 4.98 Å². The monoisotopic (exact) mass is 358 g/mol. The number of benzene rings is 2. The van der Waals surface area contributed by atoms with Crippen molar-refractivity contribution in [3.05, 3.63) is 94.8 Å². The lowest BCUT2D eigenvalue weighted by Gasteiger charge is -2.20. The zero-order chi connectivity index (χ0) is 19.4. The Morgan fingerprint density at radius 1 is 0.889 bits per heavy atom. The Balaban J connectivity index is 2.01. The van der Waals surface area contributed by atoms with Gasteiger partial charge in [-0.2, -0.15) is 0 Å². The van der Waals surface area contributed by atoms with E-state index in [0.717, 1.165) is 22.4 Å². The van der Waals surface area contributed by atoms with E-state index in [4.69, 9.17) is 0 Å². The van der Waals surface area contributed by atoms with Gasteiger partial charge >= 0.3 is 0 Å². The van der Waals surface area contributed by atoms with Gasteiger partial charge in [-0.1, -0.05) is 41.5 Å². The van der Waals surface area contributed by atoms with Crippen LogP contribution in [0.1, 0.15) is 33.7 Å². The molecule has 0 aliphatic heterocycles. The molecule has 3 aromatic rings. The number of aryl methyl sites for hydroxylation is 2. The van der Waals surface area contributed by atoms with E-state index in [1.165, 1.54) is 11.1 Å². The Hall–Kier alpha value is -2.94. The van der Waals surface area contributed by atoms with E-state index in [1.807, 2.05) is 26.2 Å². The summed E-state index contributed by atoms with van der Waals surface area (Å²) in [5.74, 6) is -0.0724. The molecule has 0 bridgehead atoms. The molecule has 3 nitrogen and oxygen atoms in total. The van der Waals surface area contributed by atoms with Crippen LogP contribution in [0.4, 0.5) is 5.69 Å². The van der Waals surface area contributed by atoms with E-state index in [1.54, 1.807) is 12.4 Å². The molecule has 1 atom stereocenters. The Labute approximate surface area is 161 Å². The maximum Gasteiger partial charge on any atom is 0.149 e. The molecule has 0 aliphatic carbocycles. The topological polar surface area (TPSA) is 33.2 Å². The number of hydrogen-bond donors (Lipinski definition) is 0. The smallest absolute Gasteiger partial charge is 0.149 e. The van der Waals surface area contributed by atoms with Gasteiger partial charge in [-0.3, -0.25) is 9.78 Å². The van der Waals surface area contributed by atoms with Crippen LogP contribution in [0.25, 0.3) is 0 Å². The van der Waals surface area contributed by atoms with Gasteiger partial charge in [0.05, 0.1) is 5.92 Å². The van der Waals surface area contributed by atoms with Crippen LogP contribution in [0.5, 0.6) is 0 Å². The SMILES string of the molecule is Cc1cc(C)cc(C(C(=O)Cc2ccncc2)c2ccc(N(C)C)cc2)c1. The molecule has 27 heavy (non-hydrogen) atoms. The van der Waals surface area contributed by atoms with E-state index >= 15 is 0 Å². The summed E-state index contributed by atoms with van der Waals surface area (Å²) in [6.07, 6.45) is 3.87. The van der Waals surface area contributed by atoms with E-state index in [0.29, 0.717) is 6.42 Å². The number of ketones is 1. The molecule has 1 heterocycles. The third kappa shape index (κ3) is 4.62. The fourth-order valence-corrected chi connectivity index (χ4v) is 3.51. The van der Waals surface area contributed by atoms with Crippen molar-refractivity contribution in [2.75, 3.05) is 19.0 Å².